The second kappa shape index (κ2) is 6.17. The third kappa shape index (κ3) is 3.67. The summed E-state index contributed by atoms with van der Waals surface area (Å²) in [4.78, 5) is 27.3. The van der Waals surface area contributed by atoms with Crippen LogP contribution in [0.2, 0.25) is 0 Å². The van der Waals surface area contributed by atoms with Gasteiger partial charge in [0, 0.05) is 25.6 Å². The van der Waals surface area contributed by atoms with Crippen molar-refractivity contribution in [2.75, 3.05) is 18.4 Å². The first kappa shape index (κ1) is 13.3. The van der Waals surface area contributed by atoms with Crippen molar-refractivity contribution in [3.63, 3.8) is 0 Å². The van der Waals surface area contributed by atoms with Crippen molar-refractivity contribution in [2.24, 2.45) is 0 Å². The first-order chi connectivity index (χ1) is 9.19. The van der Waals surface area contributed by atoms with Crippen molar-refractivity contribution in [1.29, 1.82) is 0 Å². The van der Waals surface area contributed by atoms with Gasteiger partial charge < -0.3 is 16.0 Å². The number of nitrogens with one attached hydrogen (secondary N) is 3. The number of pyridine rings is 1. The molecule has 0 aromatic carbocycles. The molecule has 2 rings (SSSR count). The Morgan fingerprint density at radius 1 is 1.53 bits per heavy atom. The molecule has 6 nitrogen and oxygen atoms in total. The minimum atomic E-state index is -0.207. The van der Waals surface area contributed by atoms with Crippen molar-refractivity contribution in [1.82, 2.24) is 15.6 Å². The van der Waals surface area contributed by atoms with E-state index in [2.05, 4.69) is 20.9 Å². The van der Waals surface area contributed by atoms with E-state index in [4.69, 9.17) is 0 Å². The van der Waals surface area contributed by atoms with E-state index >= 15 is 0 Å². The van der Waals surface area contributed by atoms with E-state index in [1.165, 1.54) is 0 Å². The molecule has 1 unspecified atom stereocenters. The summed E-state index contributed by atoms with van der Waals surface area (Å²) in [5, 5.41) is 8.68. The summed E-state index contributed by atoms with van der Waals surface area (Å²) >= 11 is 0. The molecule has 0 spiro atoms. The van der Waals surface area contributed by atoms with E-state index < -0.39 is 0 Å². The molecule has 0 radical (unpaired) electrons. The number of hydrogen-bond donors (Lipinski definition) is 3. The summed E-state index contributed by atoms with van der Waals surface area (Å²) in [6.07, 6.45) is 1.13. The van der Waals surface area contributed by atoms with Crippen LogP contribution in [0, 0.1) is 0 Å². The zero-order valence-corrected chi connectivity index (χ0v) is 10.9. The lowest BCUT2D eigenvalue weighted by Crippen LogP contribution is -2.47. The predicted molar refractivity (Wildman–Crippen MR) is 71.9 cm³/mol. The Morgan fingerprint density at radius 2 is 2.37 bits per heavy atom. The fourth-order valence-electron chi connectivity index (χ4n) is 1.96. The highest BCUT2D eigenvalue weighted by Crippen LogP contribution is 2.07. The standard InChI is InChI=1S/C13H18N4O2/c1-2-14-11-5-3-4-10(17-11)13(19)16-9-6-7-12(18)15-8-9/h3-5,9H,2,6-8H2,1H3,(H,14,17)(H,15,18)(H,16,19). The van der Waals surface area contributed by atoms with Crippen LogP contribution in [0.3, 0.4) is 0 Å². The predicted octanol–water partition coefficient (Wildman–Crippen LogP) is 0.522. The average Bonchev–Trinajstić information content (AvgIpc) is 2.42. The molecule has 1 aromatic rings. The highest BCUT2D eigenvalue weighted by atomic mass is 16.2. The quantitative estimate of drug-likeness (QED) is 0.739. The highest BCUT2D eigenvalue weighted by Gasteiger charge is 2.20. The zero-order chi connectivity index (χ0) is 13.7. The number of carbonyl (C=O) groups excluding carboxylic acids is 2. The summed E-state index contributed by atoms with van der Waals surface area (Å²) in [7, 11) is 0. The van der Waals surface area contributed by atoms with Gasteiger partial charge in [-0.2, -0.15) is 0 Å². The van der Waals surface area contributed by atoms with Crippen LogP contribution in [-0.4, -0.2) is 35.9 Å². The van der Waals surface area contributed by atoms with Gasteiger partial charge in [-0.3, -0.25) is 9.59 Å². The van der Waals surface area contributed by atoms with Gasteiger partial charge in [0.25, 0.3) is 5.91 Å². The molecular formula is C13H18N4O2. The van der Waals surface area contributed by atoms with E-state index in [-0.39, 0.29) is 17.9 Å². The molecule has 1 fully saturated rings. The largest absolute Gasteiger partial charge is 0.370 e. The summed E-state index contributed by atoms with van der Waals surface area (Å²) in [5.74, 6) is 0.519. The Kier molecular flexibility index (Phi) is 4.33. The van der Waals surface area contributed by atoms with Gasteiger partial charge in [-0.1, -0.05) is 6.07 Å². The number of rotatable bonds is 4. The lowest BCUT2D eigenvalue weighted by atomic mass is 10.1. The second-order valence-corrected chi connectivity index (χ2v) is 4.45. The fourth-order valence-corrected chi connectivity index (χ4v) is 1.96. The van der Waals surface area contributed by atoms with Gasteiger partial charge in [-0.05, 0) is 25.5 Å². The van der Waals surface area contributed by atoms with Crippen LogP contribution in [0.5, 0.6) is 0 Å². The first-order valence-corrected chi connectivity index (χ1v) is 6.47. The smallest absolute Gasteiger partial charge is 0.270 e. The molecular weight excluding hydrogens is 244 g/mol. The van der Waals surface area contributed by atoms with Gasteiger partial charge in [0.2, 0.25) is 5.91 Å². The number of carbonyl (C=O) groups is 2. The summed E-state index contributed by atoms with van der Waals surface area (Å²) in [6.45, 7) is 3.21. The molecule has 0 bridgehead atoms. The molecule has 1 aliphatic heterocycles. The maximum atomic E-state index is 12.0. The number of anilines is 1. The molecule has 19 heavy (non-hydrogen) atoms. The van der Waals surface area contributed by atoms with Crippen LogP contribution in [0.1, 0.15) is 30.3 Å². The zero-order valence-electron chi connectivity index (χ0n) is 10.9. The van der Waals surface area contributed by atoms with Crippen molar-refractivity contribution in [2.45, 2.75) is 25.8 Å². The van der Waals surface area contributed by atoms with Crippen LogP contribution in [-0.2, 0) is 4.79 Å². The number of nitrogens with zero attached hydrogens (tertiary/aromatic N) is 1. The van der Waals surface area contributed by atoms with Crippen LogP contribution < -0.4 is 16.0 Å². The maximum Gasteiger partial charge on any atom is 0.270 e. The molecule has 3 N–H and O–H groups in total. The van der Waals surface area contributed by atoms with Gasteiger partial charge in [0.15, 0.2) is 0 Å². The summed E-state index contributed by atoms with van der Waals surface area (Å²) in [6, 6.07) is 5.27. The molecule has 1 aromatic heterocycles. The molecule has 1 saturated heterocycles. The van der Waals surface area contributed by atoms with E-state index in [0.717, 1.165) is 6.54 Å². The molecule has 1 aliphatic rings. The van der Waals surface area contributed by atoms with E-state index in [0.29, 0.717) is 30.9 Å². The summed E-state index contributed by atoms with van der Waals surface area (Å²) in [5.41, 5.74) is 0.385. The monoisotopic (exact) mass is 262 g/mol. The second-order valence-electron chi connectivity index (χ2n) is 4.45. The minimum Gasteiger partial charge on any atom is -0.370 e. The Hall–Kier alpha value is -2.11. The van der Waals surface area contributed by atoms with Crippen molar-refractivity contribution < 1.29 is 9.59 Å². The normalized spacial score (nSPS) is 18.6. The topological polar surface area (TPSA) is 83.1 Å². The number of hydrogen-bond acceptors (Lipinski definition) is 4. The Labute approximate surface area is 112 Å². The third-order valence-corrected chi connectivity index (χ3v) is 2.94. The van der Waals surface area contributed by atoms with Crippen LogP contribution in [0.15, 0.2) is 18.2 Å². The Bertz CT molecular complexity index is 465. The highest BCUT2D eigenvalue weighted by molar-refractivity contribution is 5.93. The SMILES string of the molecule is CCNc1cccc(C(=O)NC2CCC(=O)NC2)n1. The van der Waals surface area contributed by atoms with Crippen molar-refractivity contribution in [3.8, 4) is 0 Å². The maximum absolute atomic E-state index is 12.0. The van der Waals surface area contributed by atoms with E-state index in [9.17, 15) is 9.59 Å². The third-order valence-electron chi connectivity index (χ3n) is 2.94. The van der Waals surface area contributed by atoms with Crippen LogP contribution in [0.25, 0.3) is 0 Å². The molecule has 1 atom stereocenters. The molecule has 2 heterocycles. The van der Waals surface area contributed by atoms with Gasteiger partial charge in [-0.15, -0.1) is 0 Å². The van der Waals surface area contributed by atoms with E-state index in [1.54, 1.807) is 12.1 Å². The molecule has 6 heteroatoms. The van der Waals surface area contributed by atoms with Gasteiger partial charge in [-0.25, -0.2) is 4.98 Å². The number of amides is 2. The van der Waals surface area contributed by atoms with Gasteiger partial charge in [0.05, 0.1) is 0 Å². The Balaban J connectivity index is 1.95. The fraction of sp³-hybridized carbons (Fsp3) is 0.462. The average molecular weight is 262 g/mol. The van der Waals surface area contributed by atoms with Crippen LogP contribution in [0.4, 0.5) is 5.82 Å². The first-order valence-electron chi connectivity index (χ1n) is 6.47. The van der Waals surface area contributed by atoms with Gasteiger partial charge >= 0.3 is 0 Å². The minimum absolute atomic E-state index is 0.0187. The number of aromatic nitrogens is 1. The molecule has 0 saturated carbocycles. The lowest BCUT2D eigenvalue weighted by molar-refractivity contribution is -0.122. The lowest BCUT2D eigenvalue weighted by Gasteiger charge is -2.23. The molecule has 102 valence electrons. The van der Waals surface area contributed by atoms with Crippen molar-refractivity contribution >= 4 is 17.6 Å². The Morgan fingerprint density at radius 3 is 3.05 bits per heavy atom. The summed E-state index contributed by atoms with van der Waals surface area (Å²) < 4.78 is 0. The molecule has 2 amide bonds. The number of piperidine rings is 1. The molecule has 0 aliphatic carbocycles. The van der Waals surface area contributed by atoms with E-state index in [1.807, 2.05) is 13.0 Å². The van der Waals surface area contributed by atoms with Crippen LogP contribution >= 0.6 is 0 Å². The van der Waals surface area contributed by atoms with Gasteiger partial charge in [0.1, 0.15) is 11.5 Å². The van der Waals surface area contributed by atoms with Crippen molar-refractivity contribution in [3.05, 3.63) is 23.9 Å².